The molecule has 1 amide bonds. The summed E-state index contributed by atoms with van der Waals surface area (Å²) in [5.74, 6) is -5.45. The SMILES string of the molecule is C=CC(=O)N1CC2COc3c(c4cc(F)c(-c5c(O)c(Cl)cc(Cl)c5F)c(F)c4n(-c4c(C)ccnc4C(C)C)c3=O)N2CC1C. The summed E-state index contributed by atoms with van der Waals surface area (Å²) in [6.45, 7) is 11.3. The molecule has 2 aliphatic rings. The number of phenolic OH excluding ortho intramolecular Hbond substituents is 1. The number of carbonyl (C=O) groups is 1. The maximum atomic E-state index is 17.2. The van der Waals surface area contributed by atoms with Gasteiger partial charge in [-0.2, -0.15) is 0 Å². The number of anilines is 1. The number of aryl methyl sites for hydroxylation is 1. The molecule has 2 aromatic carbocycles. The van der Waals surface area contributed by atoms with Gasteiger partial charge in [0.1, 0.15) is 18.2 Å². The van der Waals surface area contributed by atoms with Gasteiger partial charge in [-0.1, -0.05) is 43.6 Å². The highest BCUT2D eigenvalue weighted by Crippen LogP contribution is 2.48. The largest absolute Gasteiger partial charge is 0.506 e. The van der Waals surface area contributed by atoms with Crippen molar-refractivity contribution < 1.29 is 27.8 Å². The van der Waals surface area contributed by atoms with Crippen molar-refractivity contribution in [3.63, 3.8) is 0 Å². The maximum Gasteiger partial charge on any atom is 0.300 e. The van der Waals surface area contributed by atoms with Crippen molar-refractivity contribution in [2.24, 2.45) is 0 Å². The van der Waals surface area contributed by atoms with Crippen LogP contribution in [0.3, 0.4) is 0 Å². The van der Waals surface area contributed by atoms with Crippen LogP contribution in [0.5, 0.6) is 11.5 Å². The second kappa shape index (κ2) is 11.5. The lowest BCUT2D eigenvalue weighted by Crippen LogP contribution is -2.62. The Morgan fingerprint density at radius 2 is 1.85 bits per heavy atom. The van der Waals surface area contributed by atoms with Crippen molar-refractivity contribution in [1.29, 1.82) is 0 Å². The van der Waals surface area contributed by atoms with Crippen molar-refractivity contribution in [3.8, 4) is 28.3 Å². The summed E-state index contributed by atoms with van der Waals surface area (Å²) in [5, 5.41) is 9.70. The number of phenols is 1. The first kappa shape index (κ1) is 31.7. The number of fused-ring (bicyclic) bond motifs is 5. The Morgan fingerprint density at radius 3 is 2.52 bits per heavy atom. The lowest BCUT2D eigenvalue weighted by molar-refractivity contribution is -0.129. The first-order chi connectivity index (χ1) is 21.8. The van der Waals surface area contributed by atoms with Gasteiger partial charge >= 0.3 is 0 Å². The van der Waals surface area contributed by atoms with E-state index in [2.05, 4.69) is 11.6 Å². The summed E-state index contributed by atoms with van der Waals surface area (Å²) in [6.07, 6.45) is 2.78. The van der Waals surface area contributed by atoms with Gasteiger partial charge in [0.25, 0.3) is 5.56 Å². The number of piperazine rings is 1. The summed E-state index contributed by atoms with van der Waals surface area (Å²) in [4.78, 5) is 35.0. The van der Waals surface area contributed by atoms with Gasteiger partial charge in [-0.3, -0.25) is 19.1 Å². The number of halogens is 5. The zero-order chi connectivity index (χ0) is 33.4. The van der Waals surface area contributed by atoms with Crippen molar-refractivity contribution in [3.05, 3.63) is 86.2 Å². The Kier molecular flexibility index (Phi) is 7.97. The lowest BCUT2D eigenvalue weighted by Gasteiger charge is -2.48. The highest BCUT2D eigenvalue weighted by molar-refractivity contribution is 6.36. The minimum Gasteiger partial charge on any atom is -0.506 e. The number of aromatic nitrogens is 2. The van der Waals surface area contributed by atoms with E-state index in [0.717, 1.165) is 16.7 Å². The molecule has 46 heavy (non-hydrogen) atoms. The van der Waals surface area contributed by atoms with E-state index in [-0.39, 0.29) is 60.1 Å². The molecule has 0 bridgehead atoms. The molecule has 4 aromatic rings. The number of aromatic hydroxyl groups is 1. The van der Waals surface area contributed by atoms with E-state index in [9.17, 15) is 14.7 Å². The van der Waals surface area contributed by atoms with Crippen LogP contribution in [0.1, 0.15) is 37.9 Å². The van der Waals surface area contributed by atoms with Crippen LogP contribution in [0.15, 0.2) is 41.8 Å². The number of hydrogen-bond donors (Lipinski definition) is 1. The van der Waals surface area contributed by atoms with Gasteiger partial charge in [0.15, 0.2) is 11.6 Å². The quantitative estimate of drug-likeness (QED) is 0.188. The molecule has 0 radical (unpaired) electrons. The molecule has 2 aliphatic heterocycles. The van der Waals surface area contributed by atoms with Crippen molar-refractivity contribution in [1.82, 2.24) is 14.5 Å². The zero-order valence-electron chi connectivity index (χ0n) is 25.3. The number of nitrogens with zero attached hydrogens (tertiary/aromatic N) is 4. The molecule has 1 N–H and O–H groups in total. The smallest absolute Gasteiger partial charge is 0.300 e. The van der Waals surface area contributed by atoms with Gasteiger partial charge in [0, 0.05) is 30.7 Å². The van der Waals surface area contributed by atoms with E-state index in [4.69, 9.17) is 27.9 Å². The second-order valence-corrected chi connectivity index (χ2v) is 12.6. The molecule has 0 saturated carbocycles. The minimum atomic E-state index is -1.34. The van der Waals surface area contributed by atoms with Crippen LogP contribution >= 0.6 is 23.2 Å². The summed E-state index contributed by atoms with van der Waals surface area (Å²) < 4.78 is 56.1. The molecule has 13 heteroatoms. The Balaban J connectivity index is 1.76. The normalized spacial score (nSPS) is 17.6. The Bertz CT molecular complexity index is 2010. The average molecular weight is 674 g/mol. The van der Waals surface area contributed by atoms with Crippen LogP contribution in [-0.4, -0.2) is 57.2 Å². The molecule has 1 fully saturated rings. The number of carbonyl (C=O) groups excluding carboxylic acids is 1. The summed E-state index contributed by atoms with van der Waals surface area (Å²) in [5.41, 5.74) is -1.60. The average Bonchev–Trinajstić information content (AvgIpc) is 3.01. The molecule has 4 heterocycles. The van der Waals surface area contributed by atoms with E-state index in [1.807, 2.05) is 25.7 Å². The van der Waals surface area contributed by atoms with E-state index in [0.29, 0.717) is 11.3 Å². The standard InChI is InChI=1S/C33H29Cl2F3N4O4/c1-6-22(43)40-12-17-13-46-32-30(41(17)11-16(40)5)18-9-21(36)23(24-25(37)19(34)10-20(35)31(24)44)26(38)29(18)42(33(32)45)28-15(4)7-8-39-27(28)14(2)3/h6-10,14,16-17,44H,1,11-13H2,2-5H3. The predicted molar refractivity (Wildman–Crippen MR) is 171 cm³/mol. The van der Waals surface area contributed by atoms with Crippen LogP contribution in [0.2, 0.25) is 10.0 Å². The summed E-state index contributed by atoms with van der Waals surface area (Å²) >= 11 is 12.0. The van der Waals surface area contributed by atoms with Crippen molar-refractivity contribution in [2.75, 3.05) is 24.6 Å². The van der Waals surface area contributed by atoms with Gasteiger partial charge in [-0.15, -0.1) is 0 Å². The molecular formula is C33H29Cl2F3N4O4. The first-order valence-electron chi connectivity index (χ1n) is 14.5. The number of benzene rings is 2. The highest BCUT2D eigenvalue weighted by Gasteiger charge is 2.41. The van der Waals surface area contributed by atoms with Gasteiger partial charge < -0.3 is 19.6 Å². The molecule has 2 atom stereocenters. The van der Waals surface area contributed by atoms with Crippen molar-refractivity contribution >= 4 is 45.7 Å². The Morgan fingerprint density at radius 1 is 1.13 bits per heavy atom. The van der Waals surface area contributed by atoms with Crippen LogP contribution in [0, 0.1) is 24.4 Å². The van der Waals surface area contributed by atoms with E-state index in [1.54, 1.807) is 24.1 Å². The second-order valence-electron chi connectivity index (χ2n) is 11.8. The number of rotatable bonds is 4. The maximum absolute atomic E-state index is 17.2. The number of amides is 1. The van der Waals surface area contributed by atoms with Crippen molar-refractivity contribution in [2.45, 2.75) is 45.7 Å². The molecule has 8 nitrogen and oxygen atoms in total. The fourth-order valence-electron chi connectivity index (χ4n) is 6.45. The summed E-state index contributed by atoms with van der Waals surface area (Å²) in [6, 6.07) is 2.74. The molecule has 2 aromatic heterocycles. The lowest BCUT2D eigenvalue weighted by atomic mass is 9.96. The number of hydrogen-bond acceptors (Lipinski definition) is 6. The topological polar surface area (TPSA) is 87.9 Å². The minimum absolute atomic E-state index is 0.0214. The van der Waals surface area contributed by atoms with E-state index in [1.165, 1.54) is 6.08 Å². The Labute approximate surface area is 272 Å². The zero-order valence-corrected chi connectivity index (χ0v) is 26.8. The predicted octanol–water partition coefficient (Wildman–Crippen LogP) is 6.90. The van der Waals surface area contributed by atoms with Crippen LogP contribution < -0.4 is 15.2 Å². The molecule has 0 spiro atoms. The van der Waals surface area contributed by atoms with Gasteiger partial charge in [0.2, 0.25) is 11.7 Å². The first-order valence-corrected chi connectivity index (χ1v) is 15.3. The summed E-state index contributed by atoms with van der Waals surface area (Å²) in [7, 11) is 0. The van der Waals surface area contributed by atoms with Crippen LogP contribution in [-0.2, 0) is 4.79 Å². The fourth-order valence-corrected chi connectivity index (χ4v) is 6.91. The fraction of sp³-hybridized carbons (Fsp3) is 0.303. The third-order valence-electron chi connectivity index (χ3n) is 8.61. The third kappa shape index (κ3) is 4.70. The molecule has 240 valence electrons. The molecular weight excluding hydrogens is 644 g/mol. The van der Waals surface area contributed by atoms with E-state index < -0.39 is 61.5 Å². The van der Waals surface area contributed by atoms with Gasteiger partial charge in [-0.25, -0.2) is 13.2 Å². The molecule has 6 rings (SSSR count). The Hall–Kier alpha value is -4.22. The number of ether oxygens (including phenoxy) is 1. The highest BCUT2D eigenvalue weighted by atomic mass is 35.5. The van der Waals surface area contributed by atoms with E-state index >= 15 is 13.2 Å². The van der Waals surface area contributed by atoms with Crippen LogP contribution in [0.25, 0.3) is 27.7 Å². The monoisotopic (exact) mass is 672 g/mol. The van der Waals surface area contributed by atoms with Gasteiger partial charge in [0.05, 0.1) is 49.8 Å². The van der Waals surface area contributed by atoms with Gasteiger partial charge in [-0.05, 0) is 49.6 Å². The molecule has 1 saturated heterocycles. The van der Waals surface area contributed by atoms with Crippen LogP contribution in [0.4, 0.5) is 18.9 Å². The molecule has 0 aliphatic carbocycles. The third-order valence-corrected chi connectivity index (χ3v) is 9.17. The number of pyridine rings is 2. The molecule has 2 unspecified atom stereocenters.